The molecule has 0 fully saturated rings. The number of aldehydes is 1. The van der Waals surface area contributed by atoms with Gasteiger partial charge in [0, 0.05) is 0 Å². The van der Waals surface area contributed by atoms with Gasteiger partial charge in [0.25, 0.3) is 0 Å². The first-order chi connectivity index (χ1) is 5.27. The average Bonchev–Trinajstić information content (AvgIpc) is 2.04. The number of halogens is 1. The van der Waals surface area contributed by atoms with Crippen molar-refractivity contribution in [1.29, 1.82) is 0 Å². The van der Waals surface area contributed by atoms with E-state index in [2.05, 4.69) is 9.97 Å². The summed E-state index contributed by atoms with van der Waals surface area (Å²) in [6.45, 7) is 0. The molecule has 0 aliphatic carbocycles. The highest BCUT2D eigenvalue weighted by Gasteiger charge is 2.02. The van der Waals surface area contributed by atoms with Crippen molar-refractivity contribution in [2.75, 3.05) is 7.11 Å². The van der Waals surface area contributed by atoms with Gasteiger partial charge < -0.3 is 4.74 Å². The van der Waals surface area contributed by atoms with Gasteiger partial charge in [-0.25, -0.2) is 4.98 Å². The van der Waals surface area contributed by atoms with E-state index in [0.717, 1.165) is 0 Å². The third kappa shape index (κ3) is 1.65. The summed E-state index contributed by atoms with van der Waals surface area (Å²) in [7, 11) is 1.45. The lowest BCUT2D eigenvalue weighted by Crippen LogP contribution is -1.94. The second-order valence-corrected chi connectivity index (χ2v) is 2.06. The zero-order valence-electron chi connectivity index (χ0n) is 5.74. The lowest BCUT2D eigenvalue weighted by Gasteiger charge is -1.97. The second-order valence-electron chi connectivity index (χ2n) is 1.71. The van der Waals surface area contributed by atoms with E-state index in [9.17, 15) is 4.79 Å². The van der Waals surface area contributed by atoms with Crippen molar-refractivity contribution in [3.05, 3.63) is 17.0 Å². The molecule has 0 spiro atoms. The van der Waals surface area contributed by atoms with E-state index in [1.54, 1.807) is 0 Å². The number of methoxy groups -OCH3 is 1. The Morgan fingerprint density at radius 1 is 1.73 bits per heavy atom. The van der Waals surface area contributed by atoms with Crippen LogP contribution in [0.4, 0.5) is 0 Å². The number of rotatable bonds is 2. The van der Waals surface area contributed by atoms with Gasteiger partial charge in [-0.3, -0.25) is 4.79 Å². The predicted octanol–water partition coefficient (Wildman–Crippen LogP) is 0.951. The number of hydrogen-bond acceptors (Lipinski definition) is 4. The summed E-state index contributed by atoms with van der Waals surface area (Å²) in [6.07, 6.45) is 1.87. The highest BCUT2D eigenvalue weighted by Crippen LogP contribution is 2.12. The van der Waals surface area contributed by atoms with Crippen LogP contribution in [-0.2, 0) is 0 Å². The minimum atomic E-state index is 0.0550. The molecule has 5 heteroatoms. The van der Waals surface area contributed by atoms with Gasteiger partial charge in [0.15, 0.2) is 11.4 Å². The summed E-state index contributed by atoms with van der Waals surface area (Å²) < 4.78 is 4.72. The largest absolute Gasteiger partial charge is 0.480 e. The van der Waals surface area contributed by atoms with Crippen LogP contribution < -0.4 is 4.74 Å². The fraction of sp³-hybridized carbons (Fsp3) is 0.167. The summed E-state index contributed by atoms with van der Waals surface area (Å²) in [4.78, 5) is 17.6. The van der Waals surface area contributed by atoms with Crippen LogP contribution in [0.1, 0.15) is 10.5 Å². The lowest BCUT2D eigenvalue weighted by molar-refractivity contribution is 0.111. The molecule has 1 rings (SSSR count). The Balaban J connectivity index is 3.09. The van der Waals surface area contributed by atoms with Crippen LogP contribution in [0.3, 0.4) is 0 Å². The van der Waals surface area contributed by atoms with Crippen LogP contribution in [-0.4, -0.2) is 23.4 Å². The first-order valence-corrected chi connectivity index (χ1v) is 3.17. The molecule has 0 saturated carbocycles. The molecule has 4 nitrogen and oxygen atoms in total. The molecule has 0 atom stereocenters. The molecule has 0 aliphatic heterocycles. The first kappa shape index (κ1) is 7.94. The van der Waals surface area contributed by atoms with Crippen LogP contribution in [0.2, 0.25) is 5.15 Å². The summed E-state index contributed by atoms with van der Waals surface area (Å²) >= 11 is 5.52. The highest BCUT2D eigenvalue weighted by molar-refractivity contribution is 6.31. The van der Waals surface area contributed by atoms with Gasteiger partial charge >= 0.3 is 0 Å². The second kappa shape index (κ2) is 3.30. The van der Waals surface area contributed by atoms with Crippen molar-refractivity contribution in [3.63, 3.8) is 0 Å². The van der Waals surface area contributed by atoms with Crippen molar-refractivity contribution in [3.8, 4) is 5.88 Å². The lowest BCUT2D eigenvalue weighted by atomic mass is 10.5. The zero-order valence-corrected chi connectivity index (χ0v) is 6.50. The monoisotopic (exact) mass is 172 g/mol. The molecule has 1 aromatic rings. The Bertz CT molecular complexity index is 277. The summed E-state index contributed by atoms with van der Waals surface area (Å²) in [5.41, 5.74) is 0.118. The van der Waals surface area contributed by atoms with E-state index in [1.807, 2.05) is 0 Å². The molecule has 0 aliphatic rings. The Morgan fingerprint density at radius 3 is 2.91 bits per heavy atom. The molecule has 0 radical (unpaired) electrons. The maximum Gasteiger partial charge on any atom is 0.233 e. The maximum absolute atomic E-state index is 10.2. The van der Waals surface area contributed by atoms with E-state index >= 15 is 0 Å². The van der Waals surface area contributed by atoms with E-state index in [-0.39, 0.29) is 10.8 Å². The average molecular weight is 173 g/mol. The molecular weight excluding hydrogens is 168 g/mol. The molecule has 0 amide bonds. The van der Waals surface area contributed by atoms with Crippen LogP contribution in [0.25, 0.3) is 0 Å². The minimum Gasteiger partial charge on any atom is -0.480 e. The first-order valence-electron chi connectivity index (χ1n) is 2.79. The van der Waals surface area contributed by atoms with Crippen LogP contribution in [0, 0.1) is 0 Å². The molecule has 0 unspecified atom stereocenters. The number of carbonyl (C=O) groups is 1. The molecule has 1 aromatic heterocycles. The molecule has 1 heterocycles. The third-order valence-corrected chi connectivity index (χ3v) is 1.33. The van der Waals surface area contributed by atoms with Crippen molar-refractivity contribution in [2.24, 2.45) is 0 Å². The van der Waals surface area contributed by atoms with Crippen molar-refractivity contribution in [2.45, 2.75) is 0 Å². The number of hydrogen-bond donors (Lipinski definition) is 0. The maximum atomic E-state index is 10.2. The van der Waals surface area contributed by atoms with Gasteiger partial charge in [0.05, 0.1) is 13.3 Å². The Morgan fingerprint density at radius 2 is 2.45 bits per heavy atom. The normalized spacial score (nSPS) is 9.27. The van der Waals surface area contributed by atoms with Crippen LogP contribution in [0.5, 0.6) is 5.88 Å². The molecule has 0 aromatic carbocycles. The molecule has 0 saturated heterocycles. The van der Waals surface area contributed by atoms with Gasteiger partial charge in [-0.2, -0.15) is 4.98 Å². The highest BCUT2D eigenvalue weighted by atomic mass is 35.5. The standard InChI is InChI=1S/C6H5ClN2O2/c1-11-5-2-8-4(3-10)6(7)9-5/h2-3H,1H3. The minimum absolute atomic E-state index is 0.0550. The van der Waals surface area contributed by atoms with Crippen molar-refractivity contribution in [1.82, 2.24) is 9.97 Å². The predicted molar refractivity (Wildman–Crippen MR) is 39.0 cm³/mol. The van der Waals surface area contributed by atoms with Gasteiger partial charge in [-0.1, -0.05) is 11.6 Å². The summed E-state index contributed by atoms with van der Waals surface area (Å²) in [5, 5.41) is 0.0550. The topological polar surface area (TPSA) is 52.1 Å². The number of ether oxygens (including phenoxy) is 1. The quantitative estimate of drug-likeness (QED) is 0.624. The van der Waals surface area contributed by atoms with E-state index in [0.29, 0.717) is 12.2 Å². The SMILES string of the molecule is COc1cnc(C=O)c(Cl)n1. The third-order valence-electron chi connectivity index (χ3n) is 1.05. The van der Waals surface area contributed by atoms with Crippen LogP contribution in [0.15, 0.2) is 6.20 Å². The smallest absolute Gasteiger partial charge is 0.233 e. The molecule has 0 bridgehead atoms. The summed E-state index contributed by atoms with van der Waals surface area (Å²) in [5.74, 6) is 0.292. The molecule has 11 heavy (non-hydrogen) atoms. The number of nitrogens with zero attached hydrogens (tertiary/aromatic N) is 2. The Labute approximate surface area is 68.2 Å². The van der Waals surface area contributed by atoms with Gasteiger partial charge in [-0.05, 0) is 0 Å². The van der Waals surface area contributed by atoms with E-state index in [1.165, 1.54) is 13.3 Å². The van der Waals surface area contributed by atoms with Gasteiger partial charge in [0.1, 0.15) is 5.69 Å². The van der Waals surface area contributed by atoms with Crippen LogP contribution >= 0.6 is 11.6 Å². The number of aromatic nitrogens is 2. The van der Waals surface area contributed by atoms with E-state index < -0.39 is 0 Å². The van der Waals surface area contributed by atoms with Gasteiger partial charge in [-0.15, -0.1) is 0 Å². The molecular formula is C6H5ClN2O2. The van der Waals surface area contributed by atoms with E-state index in [4.69, 9.17) is 16.3 Å². The fourth-order valence-electron chi connectivity index (χ4n) is 0.538. The molecule has 58 valence electrons. The Hall–Kier alpha value is -1.16. The van der Waals surface area contributed by atoms with Crippen molar-refractivity contribution >= 4 is 17.9 Å². The zero-order chi connectivity index (χ0) is 8.27. The van der Waals surface area contributed by atoms with Gasteiger partial charge in [0.2, 0.25) is 5.88 Å². The Kier molecular flexibility index (Phi) is 2.38. The fourth-order valence-corrected chi connectivity index (χ4v) is 0.715. The number of carbonyl (C=O) groups excluding carboxylic acids is 1. The summed E-state index contributed by atoms with van der Waals surface area (Å²) in [6, 6.07) is 0. The van der Waals surface area contributed by atoms with Crippen molar-refractivity contribution < 1.29 is 9.53 Å². The molecule has 0 N–H and O–H groups in total.